The van der Waals surface area contributed by atoms with Crippen LogP contribution >= 0.6 is 0 Å². The first-order valence-electron chi connectivity index (χ1n) is 7.28. The molecule has 2 aromatic rings. The van der Waals surface area contributed by atoms with Crippen molar-refractivity contribution >= 4 is 0 Å². The van der Waals surface area contributed by atoms with Gasteiger partial charge in [-0.25, -0.2) is 0 Å². The van der Waals surface area contributed by atoms with Crippen LogP contribution in [0.1, 0.15) is 33.9 Å². The maximum absolute atomic E-state index is 5.87. The summed E-state index contributed by atoms with van der Waals surface area (Å²) in [5.41, 5.74) is 9.91. The van der Waals surface area contributed by atoms with Gasteiger partial charge in [0.1, 0.15) is 0 Å². The highest BCUT2D eigenvalue weighted by Gasteiger charge is 2.29. The number of fused-ring (bicyclic) bond motifs is 1. The molecule has 1 atom stereocenters. The summed E-state index contributed by atoms with van der Waals surface area (Å²) in [5, 5.41) is 0. The summed E-state index contributed by atoms with van der Waals surface area (Å²) in [4.78, 5) is 0. The average molecular weight is 266 g/mol. The Morgan fingerprint density at radius 1 is 1.00 bits per heavy atom. The highest BCUT2D eigenvalue weighted by Crippen LogP contribution is 2.35. The van der Waals surface area contributed by atoms with Gasteiger partial charge >= 0.3 is 0 Å². The Bertz CT molecular complexity index is 573. The molecule has 1 aliphatic carbocycles. The Hall–Kier alpha value is -1.64. The number of hydrogen-bond donors (Lipinski definition) is 2. The molecule has 3 N–H and O–H groups in total. The monoisotopic (exact) mass is 266 g/mol. The topological polar surface area (TPSA) is 38.0 Å². The summed E-state index contributed by atoms with van der Waals surface area (Å²) in [7, 11) is 0. The van der Waals surface area contributed by atoms with Crippen LogP contribution in [0.15, 0.2) is 42.5 Å². The molecule has 0 saturated carbocycles. The lowest BCUT2D eigenvalue weighted by atomic mass is 9.89. The van der Waals surface area contributed by atoms with Gasteiger partial charge in [0.05, 0.1) is 0 Å². The number of hydrogen-bond acceptors (Lipinski definition) is 2. The van der Waals surface area contributed by atoms with Gasteiger partial charge in [-0.05, 0) is 49.3 Å². The van der Waals surface area contributed by atoms with Crippen LogP contribution in [-0.4, -0.2) is 0 Å². The molecule has 0 fully saturated rings. The number of aryl methyl sites for hydroxylation is 2. The number of nitrogens with one attached hydrogen (secondary N) is 1. The third kappa shape index (κ3) is 2.49. The number of hydrazine groups is 1. The van der Waals surface area contributed by atoms with Crippen molar-refractivity contribution in [3.8, 4) is 0 Å². The first-order valence-corrected chi connectivity index (χ1v) is 7.28. The number of nitrogens with two attached hydrogens (primary N) is 1. The second-order valence-corrected chi connectivity index (χ2v) is 6.00. The van der Waals surface area contributed by atoms with Crippen molar-refractivity contribution in [1.29, 1.82) is 0 Å². The smallest absolute Gasteiger partial charge is 0.0494 e. The quantitative estimate of drug-likeness (QED) is 0.661. The lowest BCUT2D eigenvalue weighted by Gasteiger charge is -2.24. The largest absolute Gasteiger partial charge is 0.271 e. The van der Waals surface area contributed by atoms with Crippen LogP contribution in [0.3, 0.4) is 0 Å². The van der Waals surface area contributed by atoms with E-state index in [9.17, 15) is 0 Å². The molecule has 0 aliphatic heterocycles. The molecular weight excluding hydrogens is 244 g/mol. The van der Waals surface area contributed by atoms with Gasteiger partial charge in [-0.3, -0.25) is 11.3 Å². The van der Waals surface area contributed by atoms with E-state index in [1.54, 1.807) is 0 Å². The second kappa shape index (κ2) is 5.39. The Kier molecular flexibility index (Phi) is 3.60. The third-order valence-corrected chi connectivity index (χ3v) is 4.34. The van der Waals surface area contributed by atoms with E-state index in [1.165, 1.54) is 27.8 Å². The van der Waals surface area contributed by atoms with E-state index in [0.29, 0.717) is 5.92 Å². The van der Waals surface area contributed by atoms with Crippen molar-refractivity contribution in [2.75, 3.05) is 0 Å². The minimum absolute atomic E-state index is 0.223. The van der Waals surface area contributed by atoms with Crippen LogP contribution in [-0.2, 0) is 12.8 Å². The van der Waals surface area contributed by atoms with E-state index < -0.39 is 0 Å². The van der Waals surface area contributed by atoms with Gasteiger partial charge in [-0.2, -0.15) is 0 Å². The zero-order valence-electron chi connectivity index (χ0n) is 12.2. The van der Waals surface area contributed by atoms with Crippen LogP contribution in [0.5, 0.6) is 0 Å². The van der Waals surface area contributed by atoms with Crippen LogP contribution in [0.25, 0.3) is 0 Å². The maximum atomic E-state index is 5.87. The van der Waals surface area contributed by atoms with Crippen molar-refractivity contribution in [3.05, 3.63) is 70.3 Å². The third-order valence-electron chi connectivity index (χ3n) is 4.34. The molecule has 0 bridgehead atoms. The van der Waals surface area contributed by atoms with E-state index >= 15 is 0 Å². The van der Waals surface area contributed by atoms with Crippen molar-refractivity contribution in [2.24, 2.45) is 11.8 Å². The zero-order chi connectivity index (χ0) is 14.1. The SMILES string of the molecule is Cc1cc(C)cc(C(NN)C2Cc3ccccc3C2)c1. The molecule has 2 heteroatoms. The molecule has 0 amide bonds. The first kappa shape index (κ1) is 13.3. The normalized spacial score (nSPS) is 16.1. The van der Waals surface area contributed by atoms with Gasteiger partial charge in [-0.1, -0.05) is 53.6 Å². The van der Waals surface area contributed by atoms with Crippen LogP contribution in [0, 0.1) is 19.8 Å². The van der Waals surface area contributed by atoms with Crippen molar-refractivity contribution < 1.29 is 0 Å². The molecule has 0 heterocycles. The first-order chi connectivity index (χ1) is 9.67. The second-order valence-electron chi connectivity index (χ2n) is 6.00. The molecule has 2 nitrogen and oxygen atoms in total. The molecule has 0 saturated heterocycles. The van der Waals surface area contributed by atoms with Gasteiger partial charge < -0.3 is 0 Å². The molecular formula is C18H22N2. The summed E-state index contributed by atoms with van der Waals surface area (Å²) < 4.78 is 0. The molecule has 1 unspecified atom stereocenters. The fourth-order valence-corrected chi connectivity index (χ4v) is 3.52. The van der Waals surface area contributed by atoms with E-state index in [4.69, 9.17) is 5.84 Å². The van der Waals surface area contributed by atoms with Crippen LogP contribution in [0.2, 0.25) is 0 Å². The molecule has 2 aromatic carbocycles. The summed E-state index contributed by atoms with van der Waals surface area (Å²) in [6.07, 6.45) is 2.22. The Labute approximate surface area is 121 Å². The lowest BCUT2D eigenvalue weighted by molar-refractivity contribution is 0.379. The molecule has 3 rings (SSSR count). The maximum Gasteiger partial charge on any atom is 0.0494 e. The van der Waals surface area contributed by atoms with E-state index in [1.807, 2.05) is 0 Å². The fraction of sp³-hybridized carbons (Fsp3) is 0.333. The lowest BCUT2D eigenvalue weighted by Crippen LogP contribution is -2.34. The highest BCUT2D eigenvalue weighted by molar-refractivity contribution is 5.36. The Balaban J connectivity index is 1.88. The molecule has 104 valence electrons. The summed E-state index contributed by atoms with van der Waals surface area (Å²) in [6, 6.07) is 15.7. The van der Waals surface area contributed by atoms with Crippen molar-refractivity contribution in [1.82, 2.24) is 5.43 Å². The van der Waals surface area contributed by atoms with Gasteiger partial charge in [0.2, 0.25) is 0 Å². The molecule has 0 spiro atoms. The Morgan fingerprint density at radius 3 is 2.05 bits per heavy atom. The predicted molar refractivity (Wildman–Crippen MR) is 83.3 cm³/mol. The van der Waals surface area contributed by atoms with Crippen LogP contribution < -0.4 is 11.3 Å². The summed E-state index contributed by atoms with van der Waals surface area (Å²) >= 11 is 0. The Morgan fingerprint density at radius 2 is 1.55 bits per heavy atom. The fourth-order valence-electron chi connectivity index (χ4n) is 3.52. The minimum Gasteiger partial charge on any atom is -0.271 e. The molecule has 0 aromatic heterocycles. The van der Waals surface area contributed by atoms with Crippen LogP contribution in [0.4, 0.5) is 0 Å². The predicted octanol–water partition coefficient (Wildman–Crippen LogP) is 3.22. The van der Waals surface area contributed by atoms with E-state index in [2.05, 4.69) is 61.7 Å². The van der Waals surface area contributed by atoms with Gasteiger partial charge in [0.15, 0.2) is 0 Å². The molecule has 20 heavy (non-hydrogen) atoms. The summed E-state index contributed by atoms with van der Waals surface area (Å²) in [5.74, 6) is 6.41. The minimum atomic E-state index is 0.223. The van der Waals surface area contributed by atoms with E-state index in [0.717, 1.165) is 12.8 Å². The van der Waals surface area contributed by atoms with Gasteiger partial charge in [-0.15, -0.1) is 0 Å². The number of benzene rings is 2. The zero-order valence-corrected chi connectivity index (χ0v) is 12.2. The van der Waals surface area contributed by atoms with Crippen molar-refractivity contribution in [3.63, 3.8) is 0 Å². The molecule has 1 aliphatic rings. The van der Waals surface area contributed by atoms with Gasteiger partial charge in [0.25, 0.3) is 0 Å². The summed E-state index contributed by atoms with van der Waals surface area (Å²) in [6.45, 7) is 4.29. The highest BCUT2D eigenvalue weighted by atomic mass is 15.2. The van der Waals surface area contributed by atoms with E-state index in [-0.39, 0.29) is 6.04 Å². The number of rotatable bonds is 3. The standard InChI is InChI=1S/C18H22N2/c1-12-7-13(2)9-16(8-12)18(20-19)17-10-14-5-3-4-6-15(14)11-17/h3-9,17-18,20H,10-11,19H2,1-2H3. The van der Waals surface area contributed by atoms with Crippen molar-refractivity contribution in [2.45, 2.75) is 32.7 Å². The van der Waals surface area contributed by atoms with Gasteiger partial charge in [0, 0.05) is 6.04 Å². The molecule has 0 radical (unpaired) electrons. The average Bonchev–Trinajstić information content (AvgIpc) is 2.81.